The number of Topliss-reactive ketones (excluding diaryl/α,β-unsaturated/α-hetero) is 1. The van der Waals surface area contributed by atoms with Crippen LogP contribution in [-0.2, 0) is 0 Å². The highest BCUT2D eigenvalue weighted by atomic mass is 79.9. The Morgan fingerprint density at radius 1 is 1.50 bits per heavy atom. The lowest BCUT2D eigenvalue weighted by Gasteiger charge is -2.19. The molecule has 0 aromatic heterocycles. The molecule has 4 heteroatoms. The predicted molar refractivity (Wildman–Crippen MR) is 77.0 cm³/mol. The van der Waals surface area contributed by atoms with E-state index in [2.05, 4.69) is 39.8 Å². The van der Waals surface area contributed by atoms with Crippen molar-refractivity contribution in [2.45, 2.75) is 12.5 Å². The van der Waals surface area contributed by atoms with Gasteiger partial charge in [0.2, 0.25) is 0 Å². The molecule has 1 aliphatic heterocycles. The number of likely N-dealkylation sites (tertiary alicyclic amines) is 1. The zero-order chi connectivity index (χ0) is 13.1. The third kappa shape index (κ3) is 3.40. The third-order valence-electron chi connectivity index (χ3n) is 3.49. The SMILES string of the molecule is CN(C)C1CCN(CC(=O)c2cccc(Br)c2)C1. The van der Waals surface area contributed by atoms with Crippen LogP contribution >= 0.6 is 15.9 Å². The Morgan fingerprint density at radius 3 is 2.89 bits per heavy atom. The molecule has 1 atom stereocenters. The van der Waals surface area contributed by atoms with E-state index in [0.717, 1.165) is 29.5 Å². The Labute approximate surface area is 117 Å². The number of nitrogens with zero attached hydrogens (tertiary/aromatic N) is 2. The maximum Gasteiger partial charge on any atom is 0.176 e. The van der Waals surface area contributed by atoms with Gasteiger partial charge in [-0.3, -0.25) is 9.69 Å². The fraction of sp³-hybridized carbons (Fsp3) is 0.500. The molecule has 0 radical (unpaired) electrons. The number of carbonyl (C=O) groups is 1. The Morgan fingerprint density at radius 2 is 2.28 bits per heavy atom. The summed E-state index contributed by atoms with van der Waals surface area (Å²) in [6, 6.07) is 8.20. The van der Waals surface area contributed by atoms with Gasteiger partial charge in [0.15, 0.2) is 5.78 Å². The van der Waals surface area contributed by atoms with E-state index in [1.807, 2.05) is 24.3 Å². The Bertz CT molecular complexity index is 434. The molecule has 1 unspecified atom stereocenters. The molecule has 2 rings (SSSR count). The van der Waals surface area contributed by atoms with Crippen LogP contribution in [0.4, 0.5) is 0 Å². The molecule has 1 aliphatic rings. The van der Waals surface area contributed by atoms with Crippen molar-refractivity contribution < 1.29 is 4.79 Å². The van der Waals surface area contributed by atoms with Gasteiger partial charge in [0.05, 0.1) is 6.54 Å². The van der Waals surface area contributed by atoms with Gasteiger partial charge in [0.25, 0.3) is 0 Å². The summed E-state index contributed by atoms with van der Waals surface area (Å²) in [6.45, 7) is 2.54. The van der Waals surface area contributed by atoms with Gasteiger partial charge in [-0.15, -0.1) is 0 Å². The lowest BCUT2D eigenvalue weighted by molar-refractivity contribution is 0.0941. The molecule has 98 valence electrons. The van der Waals surface area contributed by atoms with Crippen LogP contribution in [0.1, 0.15) is 16.8 Å². The van der Waals surface area contributed by atoms with E-state index in [1.54, 1.807) is 0 Å². The highest BCUT2D eigenvalue weighted by molar-refractivity contribution is 9.10. The molecular formula is C14H19BrN2O. The molecule has 0 saturated carbocycles. The predicted octanol–water partition coefficient (Wildman–Crippen LogP) is 2.27. The van der Waals surface area contributed by atoms with Gasteiger partial charge in [-0.2, -0.15) is 0 Å². The molecule has 18 heavy (non-hydrogen) atoms. The number of likely N-dealkylation sites (N-methyl/N-ethyl adjacent to an activating group) is 1. The topological polar surface area (TPSA) is 23.6 Å². The number of halogens is 1. The van der Waals surface area contributed by atoms with E-state index in [0.29, 0.717) is 12.6 Å². The van der Waals surface area contributed by atoms with Crippen LogP contribution in [0.2, 0.25) is 0 Å². The molecule has 1 aromatic carbocycles. The van der Waals surface area contributed by atoms with Gasteiger partial charge in [-0.25, -0.2) is 0 Å². The van der Waals surface area contributed by atoms with E-state index >= 15 is 0 Å². The zero-order valence-corrected chi connectivity index (χ0v) is 12.5. The first-order valence-corrected chi connectivity index (χ1v) is 7.03. The molecule has 0 N–H and O–H groups in total. The minimum atomic E-state index is 0.204. The second-order valence-electron chi connectivity index (χ2n) is 5.07. The van der Waals surface area contributed by atoms with E-state index in [-0.39, 0.29) is 5.78 Å². The lowest BCUT2D eigenvalue weighted by atomic mass is 10.1. The summed E-state index contributed by atoms with van der Waals surface area (Å²) in [4.78, 5) is 16.6. The largest absolute Gasteiger partial charge is 0.305 e. The Hall–Kier alpha value is -0.710. The maximum absolute atomic E-state index is 12.2. The molecule has 0 amide bonds. The van der Waals surface area contributed by atoms with Crippen molar-refractivity contribution >= 4 is 21.7 Å². The molecule has 1 saturated heterocycles. The normalized spacial score (nSPS) is 20.6. The van der Waals surface area contributed by atoms with Crippen LogP contribution < -0.4 is 0 Å². The molecule has 3 nitrogen and oxygen atoms in total. The van der Waals surface area contributed by atoms with Crippen molar-refractivity contribution in [1.29, 1.82) is 0 Å². The van der Waals surface area contributed by atoms with Gasteiger partial charge in [0, 0.05) is 29.2 Å². The van der Waals surface area contributed by atoms with Crippen LogP contribution in [0.3, 0.4) is 0 Å². The highest BCUT2D eigenvalue weighted by Crippen LogP contribution is 2.16. The fourth-order valence-electron chi connectivity index (χ4n) is 2.33. The van der Waals surface area contributed by atoms with Gasteiger partial charge < -0.3 is 4.90 Å². The standard InChI is InChI=1S/C14H19BrN2O/c1-16(2)13-6-7-17(9-13)10-14(18)11-4-3-5-12(15)8-11/h3-5,8,13H,6-7,9-10H2,1-2H3. The summed E-state index contributed by atoms with van der Waals surface area (Å²) in [5.41, 5.74) is 0.790. The minimum Gasteiger partial charge on any atom is -0.305 e. The van der Waals surface area contributed by atoms with Crippen LogP contribution in [0.25, 0.3) is 0 Å². The summed E-state index contributed by atoms with van der Waals surface area (Å²) in [6.07, 6.45) is 1.15. The third-order valence-corrected chi connectivity index (χ3v) is 3.98. The van der Waals surface area contributed by atoms with E-state index in [9.17, 15) is 4.79 Å². The van der Waals surface area contributed by atoms with Crippen molar-refractivity contribution in [3.63, 3.8) is 0 Å². The molecule has 1 aromatic rings. The quantitative estimate of drug-likeness (QED) is 0.797. The van der Waals surface area contributed by atoms with E-state index in [1.165, 1.54) is 0 Å². The van der Waals surface area contributed by atoms with Crippen LogP contribution in [0.15, 0.2) is 28.7 Å². The van der Waals surface area contributed by atoms with Gasteiger partial charge in [-0.05, 0) is 32.6 Å². The highest BCUT2D eigenvalue weighted by Gasteiger charge is 2.25. The van der Waals surface area contributed by atoms with Gasteiger partial charge in [0.1, 0.15) is 0 Å². The van der Waals surface area contributed by atoms with Crippen molar-refractivity contribution in [3.8, 4) is 0 Å². The van der Waals surface area contributed by atoms with Crippen LogP contribution in [0, 0.1) is 0 Å². The van der Waals surface area contributed by atoms with Crippen LogP contribution in [0.5, 0.6) is 0 Å². The molecule has 1 fully saturated rings. The summed E-state index contributed by atoms with van der Waals surface area (Å²) in [5.74, 6) is 0.204. The number of hydrogen-bond donors (Lipinski definition) is 0. The molecule has 1 heterocycles. The average molecular weight is 311 g/mol. The van der Waals surface area contributed by atoms with Crippen molar-refractivity contribution in [3.05, 3.63) is 34.3 Å². The number of rotatable bonds is 4. The van der Waals surface area contributed by atoms with Gasteiger partial charge >= 0.3 is 0 Å². The smallest absolute Gasteiger partial charge is 0.176 e. The van der Waals surface area contributed by atoms with Crippen molar-refractivity contribution in [2.75, 3.05) is 33.7 Å². The molecule has 0 spiro atoms. The lowest BCUT2D eigenvalue weighted by Crippen LogP contribution is -2.33. The molecular weight excluding hydrogens is 292 g/mol. The Balaban J connectivity index is 1.93. The second-order valence-corrected chi connectivity index (χ2v) is 5.99. The molecule has 0 aliphatic carbocycles. The number of hydrogen-bond acceptors (Lipinski definition) is 3. The van der Waals surface area contributed by atoms with Crippen molar-refractivity contribution in [1.82, 2.24) is 9.80 Å². The van der Waals surface area contributed by atoms with Gasteiger partial charge in [-0.1, -0.05) is 28.1 Å². The Kier molecular flexibility index (Phi) is 4.54. The first-order valence-electron chi connectivity index (χ1n) is 6.24. The first kappa shape index (κ1) is 13.7. The second kappa shape index (κ2) is 5.95. The van der Waals surface area contributed by atoms with Crippen molar-refractivity contribution in [2.24, 2.45) is 0 Å². The van der Waals surface area contributed by atoms with E-state index < -0.39 is 0 Å². The molecule has 0 bridgehead atoms. The maximum atomic E-state index is 12.2. The fourth-order valence-corrected chi connectivity index (χ4v) is 2.73. The number of benzene rings is 1. The van der Waals surface area contributed by atoms with E-state index in [4.69, 9.17) is 0 Å². The summed E-state index contributed by atoms with van der Waals surface area (Å²) < 4.78 is 0.959. The number of carbonyl (C=O) groups excluding carboxylic acids is 1. The zero-order valence-electron chi connectivity index (χ0n) is 10.9. The minimum absolute atomic E-state index is 0.204. The summed E-state index contributed by atoms with van der Waals surface area (Å²) >= 11 is 3.40. The monoisotopic (exact) mass is 310 g/mol. The average Bonchev–Trinajstić information content (AvgIpc) is 2.77. The first-order chi connectivity index (χ1) is 8.56. The summed E-state index contributed by atoms with van der Waals surface area (Å²) in [5, 5.41) is 0. The summed E-state index contributed by atoms with van der Waals surface area (Å²) in [7, 11) is 4.20. The number of ketones is 1. The van der Waals surface area contributed by atoms with Crippen LogP contribution in [-0.4, -0.2) is 55.4 Å².